The predicted molar refractivity (Wildman–Crippen MR) is 60.0 cm³/mol. The van der Waals surface area contributed by atoms with E-state index in [9.17, 15) is 9.90 Å². The molecule has 1 aliphatic rings. The summed E-state index contributed by atoms with van der Waals surface area (Å²) in [6, 6.07) is 1.26. The third-order valence-corrected chi connectivity index (χ3v) is 2.91. The van der Waals surface area contributed by atoms with E-state index < -0.39 is 11.7 Å². The van der Waals surface area contributed by atoms with Crippen LogP contribution in [-0.4, -0.2) is 18.3 Å². The molecule has 0 bridgehead atoms. The summed E-state index contributed by atoms with van der Waals surface area (Å²) in [6.07, 6.45) is 0.400. The van der Waals surface area contributed by atoms with E-state index in [0.717, 1.165) is 12.8 Å². The van der Waals surface area contributed by atoms with E-state index in [1.807, 2.05) is 6.92 Å². The monoisotopic (exact) mass is 240 g/mol. The van der Waals surface area contributed by atoms with Crippen LogP contribution < -0.4 is 10.4 Å². The summed E-state index contributed by atoms with van der Waals surface area (Å²) in [5.41, 5.74) is 0.101. The van der Waals surface area contributed by atoms with Gasteiger partial charge in [0.25, 0.3) is 0 Å². The molecular weight excluding hydrogens is 224 g/mol. The molecule has 1 N–H and O–H groups in total. The second kappa shape index (κ2) is 4.89. The van der Waals surface area contributed by atoms with Gasteiger partial charge in [-0.1, -0.05) is 13.3 Å². The summed E-state index contributed by atoms with van der Waals surface area (Å²) < 4.78 is 15.7. The second-order valence-electron chi connectivity index (χ2n) is 4.06. The molecule has 17 heavy (non-hydrogen) atoms. The van der Waals surface area contributed by atoms with Crippen molar-refractivity contribution in [2.24, 2.45) is 0 Å². The van der Waals surface area contributed by atoms with Gasteiger partial charge in [-0.3, -0.25) is 0 Å². The number of aliphatic hydroxyl groups is 1. The molecule has 2 rings (SSSR count). The van der Waals surface area contributed by atoms with Crippen molar-refractivity contribution in [1.29, 1.82) is 0 Å². The van der Waals surface area contributed by atoms with Crippen molar-refractivity contribution in [1.82, 2.24) is 0 Å². The highest BCUT2D eigenvalue weighted by Crippen LogP contribution is 2.35. The third kappa shape index (κ3) is 2.21. The highest BCUT2D eigenvalue weighted by Gasteiger charge is 2.33. The van der Waals surface area contributed by atoms with Crippen molar-refractivity contribution in [3.63, 3.8) is 0 Å². The lowest BCUT2D eigenvalue weighted by Gasteiger charge is -2.29. The Balaban J connectivity index is 2.42. The molecule has 2 atom stereocenters. The summed E-state index contributed by atoms with van der Waals surface area (Å²) in [5, 5.41) is 10.1. The molecule has 0 radical (unpaired) electrons. The molecule has 1 aliphatic heterocycles. The molecule has 0 unspecified atom stereocenters. The van der Waals surface area contributed by atoms with Gasteiger partial charge in [0.1, 0.15) is 17.6 Å². The van der Waals surface area contributed by atoms with Crippen molar-refractivity contribution in [3.8, 4) is 5.75 Å². The van der Waals surface area contributed by atoms with Crippen LogP contribution in [0.25, 0.3) is 0 Å². The number of hydrogen-bond donors (Lipinski definition) is 1. The molecule has 0 amide bonds. The molecule has 2 heterocycles. The maximum atomic E-state index is 11.3. The minimum atomic E-state index is -0.901. The first kappa shape index (κ1) is 12.1. The lowest BCUT2D eigenvalue weighted by molar-refractivity contribution is -0.0795. The zero-order valence-corrected chi connectivity index (χ0v) is 9.93. The summed E-state index contributed by atoms with van der Waals surface area (Å²) in [4.78, 5) is 11.3. The number of methoxy groups -OCH3 is 1. The number of fused-ring (bicyclic) bond motifs is 1. The highest BCUT2D eigenvalue weighted by atomic mass is 16.5. The maximum Gasteiger partial charge on any atom is 0.339 e. The Morgan fingerprint density at radius 2 is 2.35 bits per heavy atom. The van der Waals surface area contributed by atoms with Gasteiger partial charge in [-0.25, -0.2) is 4.79 Å². The van der Waals surface area contributed by atoms with E-state index in [-0.39, 0.29) is 11.9 Å². The maximum absolute atomic E-state index is 11.3. The molecule has 0 aromatic carbocycles. The van der Waals surface area contributed by atoms with E-state index in [4.69, 9.17) is 13.9 Å². The van der Waals surface area contributed by atoms with E-state index >= 15 is 0 Å². The van der Waals surface area contributed by atoms with Crippen LogP contribution in [0.5, 0.6) is 5.75 Å². The van der Waals surface area contributed by atoms with Gasteiger partial charge in [0.05, 0.1) is 31.5 Å². The summed E-state index contributed by atoms with van der Waals surface area (Å²) in [5.74, 6) is 0.685. The molecule has 0 aliphatic carbocycles. The van der Waals surface area contributed by atoms with Gasteiger partial charge < -0.3 is 19.0 Å². The third-order valence-electron chi connectivity index (χ3n) is 2.91. The van der Waals surface area contributed by atoms with E-state index in [2.05, 4.69) is 0 Å². The number of aliphatic hydroxyl groups excluding tert-OH is 1. The molecule has 1 aromatic rings. The Hall–Kier alpha value is -1.33. The standard InChI is InChI=1S/C12H16O5/c1-3-4-8-11(14)12-7(6-16-8)9(15-2)5-10(13)17-12/h5,8,11,14H,3-4,6H2,1-2H3/t8-,11-/m0/s1. The van der Waals surface area contributed by atoms with Gasteiger partial charge in [0, 0.05) is 0 Å². The molecule has 0 fully saturated rings. The van der Waals surface area contributed by atoms with Gasteiger partial charge in [-0.2, -0.15) is 0 Å². The first-order chi connectivity index (χ1) is 8.17. The van der Waals surface area contributed by atoms with Crippen LogP contribution in [0.4, 0.5) is 0 Å². The van der Waals surface area contributed by atoms with Crippen LogP contribution in [0.1, 0.15) is 37.2 Å². The molecule has 5 heteroatoms. The first-order valence-corrected chi connectivity index (χ1v) is 5.68. The van der Waals surface area contributed by atoms with Crippen LogP contribution >= 0.6 is 0 Å². The zero-order chi connectivity index (χ0) is 12.4. The normalized spacial score (nSPS) is 23.2. The highest BCUT2D eigenvalue weighted by molar-refractivity contribution is 5.36. The van der Waals surface area contributed by atoms with Crippen LogP contribution in [-0.2, 0) is 11.3 Å². The molecular formula is C12H16O5. The fraction of sp³-hybridized carbons (Fsp3) is 0.583. The summed E-state index contributed by atoms with van der Waals surface area (Å²) in [7, 11) is 1.47. The van der Waals surface area contributed by atoms with Crippen molar-refractivity contribution >= 4 is 0 Å². The quantitative estimate of drug-likeness (QED) is 0.864. The van der Waals surface area contributed by atoms with Crippen LogP contribution in [0.15, 0.2) is 15.3 Å². The van der Waals surface area contributed by atoms with Crippen molar-refractivity contribution in [3.05, 3.63) is 27.8 Å². The van der Waals surface area contributed by atoms with Gasteiger partial charge in [-0.15, -0.1) is 0 Å². The lowest BCUT2D eigenvalue weighted by atomic mass is 9.99. The first-order valence-electron chi connectivity index (χ1n) is 5.68. The predicted octanol–water partition coefficient (Wildman–Crippen LogP) is 1.38. The Labute approximate surface area is 99.0 Å². The lowest BCUT2D eigenvalue weighted by Crippen LogP contribution is -2.29. The van der Waals surface area contributed by atoms with E-state index in [1.54, 1.807) is 0 Å². The zero-order valence-electron chi connectivity index (χ0n) is 9.93. The Morgan fingerprint density at radius 3 is 3.00 bits per heavy atom. The topological polar surface area (TPSA) is 68.9 Å². The Bertz CT molecular complexity index is 451. The molecule has 0 saturated carbocycles. The fourth-order valence-corrected chi connectivity index (χ4v) is 2.05. The minimum Gasteiger partial charge on any atom is -0.496 e. The number of hydrogen-bond acceptors (Lipinski definition) is 5. The van der Waals surface area contributed by atoms with Gasteiger partial charge in [-0.05, 0) is 6.42 Å². The van der Waals surface area contributed by atoms with Crippen LogP contribution in [0.3, 0.4) is 0 Å². The van der Waals surface area contributed by atoms with Crippen molar-refractivity contribution < 1.29 is 19.0 Å². The Kier molecular flexibility index (Phi) is 3.49. The van der Waals surface area contributed by atoms with E-state index in [0.29, 0.717) is 17.9 Å². The SMILES string of the molecule is CCC[C@@H]1OCc2c(OC)cc(=O)oc2[C@H]1O. The molecule has 0 saturated heterocycles. The average molecular weight is 240 g/mol. The van der Waals surface area contributed by atoms with Gasteiger partial charge in [0.2, 0.25) is 0 Å². The number of ether oxygens (including phenoxy) is 2. The number of rotatable bonds is 3. The smallest absolute Gasteiger partial charge is 0.339 e. The largest absolute Gasteiger partial charge is 0.496 e. The Morgan fingerprint density at radius 1 is 1.59 bits per heavy atom. The fourth-order valence-electron chi connectivity index (χ4n) is 2.05. The van der Waals surface area contributed by atoms with Gasteiger partial charge in [0.15, 0.2) is 0 Å². The van der Waals surface area contributed by atoms with Crippen molar-refractivity contribution in [2.45, 2.75) is 38.6 Å². The molecule has 0 spiro atoms. The van der Waals surface area contributed by atoms with Crippen molar-refractivity contribution in [2.75, 3.05) is 7.11 Å². The molecule has 1 aromatic heterocycles. The minimum absolute atomic E-state index is 0.277. The molecule has 94 valence electrons. The molecule has 5 nitrogen and oxygen atoms in total. The van der Waals surface area contributed by atoms with E-state index in [1.165, 1.54) is 13.2 Å². The van der Waals surface area contributed by atoms with Crippen LogP contribution in [0, 0.1) is 0 Å². The average Bonchev–Trinajstić information content (AvgIpc) is 2.32. The summed E-state index contributed by atoms with van der Waals surface area (Å²) in [6.45, 7) is 2.30. The van der Waals surface area contributed by atoms with Gasteiger partial charge >= 0.3 is 5.63 Å². The second-order valence-corrected chi connectivity index (χ2v) is 4.06. The van der Waals surface area contributed by atoms with Crippen LogP contribution in [0.2, 0.25) is 0 Å². The summed E-state index contributed by atoms with van der Waals surface area (Å²) >= 11 is 0.